The third-order valence-corrected chi connectivity index (χ3v) is 6.83. The molecule has 0 aliphatic heterocycles. The first-order chi connectivity index (χ1) is 16.6. The number of carbonyl (C=O) groups excluding carboxylic acids is 2. The van der Waals surface area contributed by atoms with Crippen LogP contribution in [0.3, 0.4) is 0 Å². The minimum Gasteiger partial charge on any atom is -0.355 e. The molecule has 2 unspecified atom stereocenters. The maximum absolute atomic E-state index is 12.7. The second-order valence-corrected chi connectivity index (χ2v) is 9.24. The van der Waals surface area contributed by atoms with E-state index in [-0.39, 0.29) is 17.7 Å². The van der Waals surface area contributed by atoms with Crippen molar-refractivity contribution in [3.63, 3.8) is 0 Å². The first-order valence-electron chi connectivity index (χ1n) is 12.0. The Kier molecular flexibility index (Phi) is 6.17. The Morgan fingerprint density at radius 1 is 0.824 bits per heavy atom. The van der Waals surface area contributed by atoms with Crippen LogP contribution >= 0.6 is 0 Å². The summed E-state index contributed by atoms with van der Waals surface area (Å²) in [5, 5.41) is 7.08. The Morgan fingerprint density at radius 3 is 2.32 bits per heavy atom. The molecule has 2 atom stereocenters. The van der Waals surface area contributed by atoms with Crippen LogP contribution in [0.4, 0.5) is 11.4 Å². The summed E-state index contributed by atoms with van der Waals surface area (Å²) >= 11 is 0. The van der Waals surface area contributed by atoms with Crippen molar-refractivity contribution in [1.82, 2.24) is 4.98 Å². The fraction of sp³-hybridized carbons (Fsp3) is 0.241. The molecule has 34 heavy (non-hydrogen) atoms. The Bertz CT molecular complexity index is 1310. The Balaban J connectivity index is 1.28. The summed E-state index contributed by atoms with van der Waals surface area (Å²) < 4.78 is 0. The van der Waals surface area contributed by atoms with Gasteiger partial charge in [0.25, 0.3) is 5.91 Å². The van der Waals surface area contributed by atoms with Crippen LogP contribution < -0.4 is 10.6 Å². The lowest BCUT2D eigenvalue weighted by Gasteiger charge is -2.27. The molecule has 1 aliphatic carbocycles. The van der Waals surface area contributed by atoms with Crippen molar-refractivity contribution in [3.05, 3.63) is 84.4 Å². The van der Waals surface area contributed by atoms with Crippen LogP contribution in [0.15, 0.2) is 78.9 Å². The van der Waals surface area contributed by atoms with E-state index >= 15 is 0 Å². The third kappa shape index (κ3) is 4.74. The molecule has 0 radical (unpaired) electrons. The van der Waals surface area contributed by atoms with E-state index in [1.807, 2.05) is 60.7 Å². The van der Waals surface area contributed by atoms with Crippen molar-refractivity contribution in [2.24, 2.45) is 11.8 Å². The average molecular weight is 452 g/mol. The van der Waals surface area contributed by atoms with Crippen LogP contribution in [0, 0.1) is 11.8 Å². The Morgan fingerprint density at radius 2 is 1.56 bits per heavy atom. The quantitative estimate of drug-likeness (QED) is 0.310. The number of aromatic nitrogens is 1. The third-order valence-electron chi connectivity index (χ3n) is 6.83. The number of amides is 2. The first kappa shape index (κ1) is 22.0. The molecule has 1 fully saturated rings. The Hall–Kier alpha value is -3.86. The van der Waals surface area contributed by atoms with E-state index in [9.17, 15) is 9.59 Å². The van der Waals surface area contributed by atoms with Gasteiger partial charge in [-0.3, -0.25) is 9.59 Å². The molecule has 3 N–H and O–H groups in total. The van der Waals surface area contributed by atoms with E-state index in [1.54, 1.807) is 12.1 Å². The van der Waals surface area contributed by atoms with Gasteiger partial charge < -0.3 is 15.6 Å². The lowest BCUT2D eigenvalue weighted by Crippen LogP contribution is -2.30. The van der Waals surface area contributed by atoms with Gasteiger partial charge in [-0.15, -0.1) is 0 Å². The minimum atomic E-state index is -0.129. The van der Waals surface area contributed by atoms with Crippen LogP contribution in [0.2, 0.25) is 0 Å². The standard InChI is InChI=1S/C29H29N3O2/c1-19-7-5-6-10-25(19)29(34)30-23-13-11-20(12-14-23)27-18-22-17-24(15-16-26(22)32-27)31-28(33)21-8-3-2-4-9-21/h2-4,8-9,11-19,25,32H,5-7,10H2,1H3,(H,30,34)(H,31,33). The fourth-order valence-corrected chi connectivity index (χ4v) is 4.83. The number of fused-ring (bicyclic) bond motifs is 1. The number of rotatable bonds is 5. The summed E-state index contributed by atoms with van der Waals surface area (Å²) in [7, 11) is 0. The molecule has 5 rings (SSSR count). The molecule has 2 amide bonds. The molecule has 4 aromatic rings. The molecule has 172 valence electrons. The van der Waals surface area contributed by atoms with E-state index in [4.69, 9.17) is 0 Å². The van der Waals surface area contributed by atoms with Gasteiger partial charge >= 0.3 is 0 Å². The van der Waals surface area contributed by atoms with E-state index in [0.717, 1.165) is 52.8 Å². The van der Waals surface area contributed by atoms with Gasteiger partial charge in [-0.1, -0.05) is 50.1 Å². The summed E-state index contributed by atoms with van der Waals surface area (Å²) in [6, 6.07) is 25.0. The van der Waals surface area contributed by atoms with Crippen molar-refractivity contribution in [3.8, 4) is 11.3 Å². The van der Waals surface area contributed by atoms with Crippen molar-refractivity contribution in [2.45, 2.75) is 32.6 Å². The van der Waals surface area contributed by atoms with E-state index in [2.05, 4.69) is 28.6 Å². The number of aromatic amines is 1. The van der Waals surface area contributed by atoms with Gasteiger partial charge in [-0.25, -0.2) is 0 Å². The second kappa shape index (κ2) is 9.56. The summed E-state index contributed by atoms with van der Waals surface area (Å²) in [6.45, 7) is 2.18. The fourth-order valence-electron chi connectivity index (χ4n) is 4.83. The maximum Gasteiger partial charge on any atom is 0.255 e. The van der Waals surface area contributed by atoms with Crippen molar-refractivity contribution in [2.75, 3.05) is 10.6 Å². The van der Waals surface area contributed by atoms with Crippen molar-refractivity contribution < 1.29 is 9.59 Å². The number of hydrogen-bond donors (Lipinski definition) is 3. The largest absolute Gasteiger partial charge is 0.355 e. The van der Waals surface area contributed by atoms with E-state index in [0.29, 0.717) is 11.5 Å². The number of benzene rings is 3. The molecule has 0 spiro atoms. The van der Waals surface area contributed by atoms with Crippen LogP contribution in [-0.4, -0.2) is 16.8 Å². The van der Waals surface area contributed by atoms with Gasteiger partial charge in [0, 0.05) is 39.5 Å². The topological polar surface area (TPSA) is 74.0 Å². The summed E-state index contributed by atoms with van der Waals surface area (Å²) in [5.41, 5.74) is 5.23. The Labute approximate surface area is 199 Å². The zero-order valence-electron chi connectivity index (χ0n) is 19.3. The van der Waals surface area contributed by atoms with Gasteiger partial charge in [0.2, 0.25) is 5.91 Å². The molecule has 0 saturated heterocycles. The number of hydrogen-bond acceptors (Lipinski definition) is 2. The number of anilines is 2. The molecule has 0 bridgehead atoms. The predicted octanol–water partition coefficient (Wildman–Crippen LogP) is 6.85. The zero-order valence-corrected chi connectivity index (χ0v) is 19.3. The summed E-state index contributed by atoms with van der Waals surface area (Å²) in [5.74, 6) is 0.562. The first-order valence-corrected chi connectivity index (χ1v) is 12.0. The van der Waals surface area contributed by atoms with Crippen LogP contribution in [0.1, 0.15) is 43.0 Å². The molecule has 5 heteroatoms. The van der Waals surface area contributed by atoms with Crippen LogP contribution in [0.25, 0.3) is 22.2 Å². The molecule has 1 aliphatic rings. The molecule has 3 aromatic carbocycles. The summed E-state index contributed by atoms with van der Waals surface area (Å²) in [6.07, 6.45) is 4.48. The molecule has 1 saturated carbocycles. The van der Waals surface area contributed by atoms with E-state index < -0.39 is 0 Å². The SMILES string of the molecule is CC1CCCCC1C(=O)Nc1ccc(-c2cc3cc(NC(=O)c4ccccc4)ccc3[nH]2)cc1. The lowest BCUT2D eigenvalue weighted by atomic mass is 9.80. The molecule has 1 aromatic heterocycles. The minimum absolute atomic E-state index is 0.110. The smallest absolute Gasteiger partial charge is 0.255 e. The normalized spacial score (nSPS) is 17.9. The highest BCUT2D eigenvalue weighted by atomic mass is 16.2. The second-order valence-electron chi connectivity index (χ2n) is 9.24. The van der Waals surface area contributed by atoms with E-state index in [1.165, 1.54) is 6.42 Å². The van der Waals surface area contributed by atoms with Crippen molar-refractivity contribution in [1.29, 1.82) is 0 Å². The summed E-state index contributed by atoms with van der Waals surface area (Å²) in [4.78, 5) is 28.6. The molecule has 5 nitrogen and oxygen atoms in total. The van der Waals surface area contributed by atoms with Gasteiger partial charge in [0.15, 0.2) is 0 Å². The van der Waals surface area contributed by atoms with Crippen LogP contribution in [0.5, 0.6) is 0 Å². The number of H-pyrrole nitrogens is 1. The highest BCUT2D eigenvalue weighted by Gasteiger charge is 2.27. The van der Waals surface area contributed by atoms with Crippen LogP contribution in [-0.2, 0) is 4.79 Å². The number of carbonyl (C=O) groups is 2. The highest BCUT2D eigenvalue weighted by molar-refractivity contribution is 6.05. The predicted molar refractivity (Wildman–Crippen MR) is 138 cm³/mol. The lowest BCUT2D eigenvalue weighted by molar-refractivity contribution is -0.122. The molecular formula is C29H29N3O2. The van der Waals surface area contributed by atoms with Gasteiger partial charge in [0.05, 0.1) is 0 Å². The maximum atomic E-state index is 12.7. The van der Waals surface area contributed by atoms with Gasteiger partial charge in [0.1, 0.15) is 0 Å². The molecule has 1 heterocycles. The zero-order chi connectivity index (χ0) is 23.5. The van der Waals surface area contributed by atoms with Crippen molar-refractivity contribution >= 4 is 34.1 Å². The van der Waals surface area contributed by atoms with Gasteiger partial charge in [-0.2, -0.15) is 0 Å². The number of nitrogens with one attached hydrogen (secondary N) is 3. The molecular weight excluding hydrogens is 422 g/mol. The highest BCUT2D eigenvalue weighted by Crippen LogP contribution is 2.31. The average Bonchev–Trinajstić information content (AvgIpc) is 3.29. The monoisotopic (exact) mass is 451 g/mol. The van der Waals surface area contributed by atoms with Gasteiger partial charge in [-0.05, 0) is 72.9 Å².